The van der Waals surface area contributed by atoms with Gasteiger partial charge in [-0.05, 0) is 24.1 Å². The summed E-state index contributed by atoms with van der Waals surface area (Å²) in [4.78, 5) is 19.3. The minimum atomic E-state index is -0.177. The minimum absolute atomic E-state index is 0.0460. The fourth-order valence-electron chi connectivity index (χ4n) is 2.46. The number of aliphatic hydroxyl groups excluding tert-OH is 1. The van der Waals surface area contributed by atoms with Crippen LogP contribution < -0.4 is 10.9 Å². The summed E-state index contributed by atoms with van der Waals surface area (Å²) in [6.45, 7) is 0.0460. The molecule has 5 heteroatoms. The number of nitrogens with one attached hydrogen (secondary N) is 2. The van der Waals surface area contributed by atoms with Gasteiger partial charge in [-0.25, -0.2) is 4.98 Å². The number of para-hydroxylation sites is 1. The lowest BCUT2D eigenvalue weighted by atomic mass is 10.0. The first kappa shape index (κ1) is 14.3. The van der Waals surface area contributed by atoms with Crippen LogP contribution in [0.4, 0.5) is 5.95 Å². The molecule has 2 aromatic carbocycles. The van der Waals surface area contributed by atoms with E-state index in [0.29, 0.717) is 23.3 Å². The van der Waals surface area contributed by atoms with E-state index in [2.05, 4.69) is 15.3 Å². The zero-order valence-electron chi connectivity index (χ0n) is 12.0. The first-order chi connectivity index (χ1) is 10.8. The summed E-state index contributed by atoms with van der Waals surface area (Å²) in [5.74, 6) is 0.408. The predicted molar refractivity (Wildman–Crippen MR) is 86.9 cm³/mol. The highest BCUT2D eigenvalue weighted by molar-refractivity contribution is 5.78. The number of aromatic nitrogens is 2. The Morgan fingerprint density at radius 3 is 2.59 bits per heavy atom. The van der Waals surface area contributed by atoms with Crippen LogP contribution in [0.5, 0.6) is 0 Å². The molecule has 5 nitrogen and oxygen atoms in total. The van der Waals surface area contributed by atoms with Crippen molar-refractivity contribution in [1.29, 1.82) is 0 Å². The molecule has 3 aromatic rings. The van der Waals surface area contributed by atoms with Gasteiger partial charge in [0.05, 0.1) is 16.9 Å². The summed E-state index contributed by atoms with van der Waals surface area (Å²) in [5.41, 5.74) is 1.50. The second-order valence-corrected chi connectivity index (χ2v) is 5.05. The van der Waals surface area contributed by atoms with Gasteiger partial charge in [0, 0.05) is 6.61 Å². The second-order valence-electron chi connectivity index (χ2n) is 5.05. The standard InChI is InChI=1S/C17H17N3O2/c21-11-10-14(12-6-2-1-3-7-12)18-17-19-15-9-5-4-8-13(15)16(22)20-17/h1-9,14,21H,10-11H2,(H2,18,19,20,22)/t14-/m1/s1. The molecule has 0 aliphatic rings. The number of H-pyrrole nitrogens is 1. The molecule has 0 unspecified atom stereocenters. The van der Waals surface area contributed by atoms with Crippen molar-refractivity contribution in [3.8, 4) is 0 Å². The van der Waals surface area contributed by atoms with Crippen molar-refractivity contribution in [1.82, 2.24) is 9.97 Å². The van der Waals surface area contributed by atoms with E-state index in [4.69, 9.17) is 0 Å². The maximum Gasteiger partial charge on any atom is 0.260 e. The molecule has 0 aliphatic carbocycles. The Labute approximate surface area is 127 Å². The molecule has 0 fully saturated rings. The Morgan fingerprint density at radius 1 is 1.09 bits per heavy atom. The van der Waals surface area contributed by atoms with E-state index in [1.165, 1.54) is 0 Å². The van der Waals surface area contributed by atoms with Gasteiger partial charge in [0.1, 0.15) is 0 Å². The van der Waals surface area contributed by atoms with E-state index in [1.54, 1.807) is 12.1 Å². The summed E-state index contributed by atoms with van der Waals surface area (Å²) < 4.78 is 0. The number of fused-ring (bicyclic) bond motifs is 1. The average molecular weight is 295 g/mol. The first-order valence-corrected chi connectivity index (χ1v) is 7.19. The van der Waals surface area contributed by atoms with Gasteiger partial charge in [0.15, 0.2) is 0 Å². The Balaban J connectivity index is 1.95. The maximum atomic E-state index is 12.1. The summed E-state index contributed by atoms with van der Waals surface area (Å²) in [7, 11) is 0. The third-order valence-corrected chi connectivity index (χ3v) is 3.54. The third kappa shape index (κ3) is 2.99. The molecule has 22 heavy (non-hydrogen) atoms. The van der Waals surface area contributed by atoms with Crippen LogP contribution in [-0.2, 0) is 0 Å². The van der Waals surface area contributed by atoms with Crippen molar-refractivity contribution in [2.75, 3.05) is 11.9 Å². The maximum absolute atomic E-state index is 12.1. The number of hydrogen-bond donors (Lipinski definition) is 3. The Bertz CT molecular complexity index is 815. The third-order valence-electron chi connectivity index (χ3n) is 3.54. The van der Waals surface area contributed by atoms with Gasteiger partial charge in [-0.3, -0.25) is 9.78 Å². The lowest BCUT2D eigenvalue weighted by Crippen LogP contribution is -2.18. The summed E-state index contributed by atoms with van der Waals surface area (Å²) in [6, 6.07) is 16.9. The zero-order valence-corrected chi connectivity index (χ0v) is 12.0. The van der Waals surface area contributed by atoms with Crippen LogP contribution in [0.3, 0.4) is 0 Å². The number of aliphatic hydroxyl groups is 1. The molecule has 0 saturated carbocycles. The fourth-order valence-corrected chi connectivity index (χ4v) is 2.46. The van der Waals surface area contributed by atoms with Crippen LogP contribution in [0.15, 0.2) is 59.4 Å². The van der Waals surface area contributed by atoms with Gasteiger partial charge in [-0.2, -0.15) is 0 Å². The average Bonchev–Trinajstić information content (AvgIpc) is 2.55. The zero-order chi connectivity index (χ0) is 15.4. The van der Waals surface area contributed by atoms with Gasteiger partial charge in [-0.1, -0.05) is 42.5 Å². The van der Waals surface area contributed by atoms with Crippen molar-refractivity contribution in [3.05, 3.63) is 70.5 Å². The molecule has 1 atom stereocenters. The van der Waals surface area contributed by atoms with E-state index in [-0.39, 0.29) is 18.2 Å². The first-order valence-electron chi connectivity index (χ1n) is 7.19. The molecule has 1 heterocycles. The molecule has 0 radical (unpaired) electrons. The minimum Gasteiger partial charge on any atom is -0.396 e. The van der Waals surface area contributed by atoms with E-state index in [9.17, 15) is 9.90 Å². The summed E-state index contributed by atoms with van der Waals surface area (Å²) in [5, 5.41) is 13.0. The van der Waals surface area contributed by atoms with Crippen LogP contribution in [0.2, 0.25) is 0 Å². The monoisotopic (exact) mass is 295 g/mol. The molecule has 0 bridgehead atoms. The van der Waals surface area contributed by atoms with Crippen LogP contribution in [-0.4, -0.2) is 21.7 Å². The molecule has 3 N–H and O–H groups in total. The van der Waals surface area contributed by atoms with Crippen LogP contribution in [0.1, 0.15) is 18.0 Å². The van der Waals surface area contributed by atoms with Crippen LogP contribution >= 0.6 is 0 Å². The number of rotatable bonds is 5. The van der Waals surface area contributed by atoms with Crippen LogP contribution in [0.25, 0.3) is 10.9 Å². The quantitative estimate of drug-likeness (QED) is 0.675. The SMILES string of the molecule is O=c1[nH]c(N[C@H](CCO)c2ccccc2)nc2ccccc12. The fraction of sp³-hybridized carbons (Fsp3) is 0.176. The highest BCUT2D eigenvalue weighted by Crippen LogP contribution is 2.20. The predicted octanol–water partition coefficient (Wildman–Crippen LogP) is 2.46. The Morgan fingerprint density at radius 2 is 1.82 bits per heavy atom. The topological polar surface area (TPSA) is 78.0 Å². The molecule has 112 valence electrons. The molecular weight excluding hydrogens is 278 g/mol. The van der Waals surface area contributed by atoms with Crippen molar-refractivity contribution in [3.63, 3.8) is 0 Å². The largest absolute Gasteiger partial charge is 0.396 e. The van der Waals surface area contributed by atoms with Crippen molar-refractivity contribution >= 4 is 16.9 Å². The van der Waals surface area contributed by atoms with Crippen molar-refractivity contribution < 1.29 is 5.11 Å². The lowest BCUT2D eigenvalue weighted by molar-refractivity contribution is 0.280. The number of anilines is 1. The second kappa shape index (κ2) is 6.41. The highest BCUT2D eigenvalue weighted by atomic mass is 16.3. The van der Waals surface area contributed by atoms with E-state index in [1.807, 2.05) is 42.5 Å². The van der Waals surface area contributed by atoms with Gasteiger partial charge >= 0.3 is 0 Å². The molecule has 1 aromatic heterocycles. The molecule has 0 amide bonds. The van der Waals surface area contributed by atoms with Crippen LogP contribution in [0, 0.1) is 0 Å². The molecule has 3 rings (SSSR count). The normalized spacial score (nSPS) is 12.2. The molecular formula is C17H17N3O2. The summed E-state index contributed by atoms with van der Waals surface area (Å²) >= 11 is 0. The molecule has 0 aliphatic heterocycles. The van der Waals surface area contributed by atoms with E-state index in [0.717, 1.165) is 5.56 Å². The number of aromatic amines is 1. The Kier molecular flexibility index (Phi) is 4.16. The van der Waals surface area contributed by atoms with Gasteiger partial charge in [0.25, 0.3) is 5.56 Å². The number of nitrogens with zero attached hydrogens (tertiary/aromatic N) is 1. The van der Waals surface area contributed by atoms with Gasteiger partial charge in [-0.15, -0.1) is 0 Å². The van der Waals surface area contributed by atoms with E-state index >= 15 is 0 Å². The van der Waals surface area contributed by atoms with Crippen molar-refractivity contribution in [2.45, 2.75) is 12.5 Å². The molecule has 0 spiro atoms. The number of hydrogen-bond acceptors (Lipinski definition) is 4. The highest BCUT2D eigenvalue weighted by Gasteiger charge is 2.12. The smallest absolute Gasteiger partial charge is 0.260 e. The van der Waals surface area contributed by atoms with Gasteiger partial charge in [0.2, 0.25) is 5.95 Å². The van der Waals surface area contributed by atoms with Gasteiger partial charge < -0.3 is 10.4 Å². The lowest BCUT2D eigenvalue weighted by Gasteiger charge is -2.18. The van der Waals surface area contributed by atoms with E-state index < -0.39 is 0 Å². The summed E-state index contributed by atoms with van der Waals surface area (Å²) in [6.07, 6.45) is 0.528. The Hall–Kier alpha value is -2.66. The molecule has 0 saturated heterocycles. The number of benzene rings is 2. The van der Waals surface area contributed by atoms with Crippen molar-refractivity contribution in [2.24, 2.45) is 0 Å².